The lowest BCUT2D eigenvalue weighted by molar-refractivity contribution is -0.132. The lowest BCUT2D eigenvalue weighted by Crippen LogP contribution is -2.15. The Morgan fingerprint density at radius 2 is 2.07 bits per heavy atom. The van der Waals surface area contributed by atoms with Crippen molar-refractivity contribution in [3.05, 3.63) is 11.6 Å². The number of hydrogen-bond donors (Lipinski definition) is 2. The number of ether oxygens (including phenoxy) is 1. The summed E-state index contributed by atoms with van der Waals surface area (Å²) >= 11 is 0. The summed E-state index contributed by atoms with van der Waals surface area (Å²) in [5, 5.41) is 17.9. The third-order valence-electron chi connectivity index (χ3n) is 1.89. The van der Waals surface area contributed by atoms with Crippen LogP contribution in [0.5, 0.6) is 0 Å². The maximum absolute atomic E-state index is 10.4. The van der Waals surface area contributed by atoms with E-state index in [1.165, 1.54) is 6.92 Å². The highest BCUT2D eigenvalue weighted by Crippen LogP contribution is 2.06. The Bertz CT molecular complexity index is 221. The minimum atomic E-state index is -0.919. The van der Waals surface area contributed by atoms with Crippen LogP contribution in [0.1, 0.15) is 33.6 Å². The molecule has 0 saturated carbocycles. The van der Waals surface area contributed by atoms with Crippen LogP contribution in [-0.4, -0.2) is 29.1 Å². The molecule has 1 unspecified atom stereocenters. The Kier molecular flexibility index (Phi) is 6.99. The van der Waals surface area contributed by atoms with E-state index in [1.54, 1.807) is 6.08 Å². The molecule has 0 aliphatic heterocycles. The fraction of sp³-hybridized carbons (Fsp3) is 0.727. The van der Waals surface area contributed by atoms with E-state index in [9.17, 15) is 9.90 Å². The van der Waals surface area contributed by atoms with Crippen molar-refractivity contribution in [1.82, 2.24) is 0 Å². The van der Waals surface area contributed by atoms with E-state index in [4.69, 9.17) is 9.84 Å². The molecule has 15 heavy (non-hydrogen) atoms. The van der Waals surface area contributed by atoms with Crippen molar-refractivity contribution in [2.24, 2.45) is 5.92 Å². The van der Waals surface area contributed by atoms with Gasteiger partial charge in [0.25, 0.3) is 0 Å². The smallest absolute Gasteiger partial charge is 0.330 e. The lowest BCUT2D eigenvalue weighted by Gasteiger charge is -2.13. The number of aliphatic hydroxyl groups excluding tert-OH is 1. The van der Waals surface area contributed by atoms with Gasteiger partial charge in [0.15, 0.2) is 6.29 Å². The first-order valence-electron chi connectivity index (χ1n) is 5.13. The van der Waals surface area contributed by atoms with Gasteiger partial charge in [-0.1, -0.05) is 19.9 Å². The van der Waals surface area contributed by atoms with Crippen LogP contribution in [-0.2, 0) is 9.53 Å². The number of carboxylic acids is 1. The molecule has 2 N–H and O–H groups in total. The van der Waals surface area contributed by atoms with Gasteiger partial charge in [0.1, 0.15) is 0 Å². The van der Waals surface area contributed by atoms with E-state index >= 15 is 0 Å². The van der Waals surface area contributed by atoms with E-state index in [-0.39, 0.29) is 0 Å². The minimum absolute atomic E-state index is 0.303. The van der Waals surface area contributed by atoms with Crippen LogP contribution in [0.4, 0.5) is 0 Å². The van der Waals surface area contributed by atoms with Crippen molar-refractivity contribution in [2.45, 2.75) is 39.9 Å². The number of carboxylic acid groups (broad SMARTS) is 1. The normalized spacial score (nSPS) is 14.3. The SMILES string of the molecule is CC(=CCCOC(O)CC(C)C)C(=O)O. The van der Waals surface area contributed by atoms with Gasteiger partial charge in [0, 0.05) is 12.0 Å². The molecule has 0 aromatic rings. The van der Waals surface area contributed by atoms with Gasteiger partial charge >= 0.3 is 5.97 Å². The maximum atomic E-state index is 10.4. The van der Waals surface area contributed by atoms with E-state index in [1.807, 2.05) is 13.8 Å². The van der Waals surface area contributed by atoms with Gasteiger partial charge in [-0.25, -0.2) is 4.79 Å². The molecule has 4 nitrogen and oxygen atoms in total. The van der Waals surface area contributed by atoms with E-state index in [0.717, 1.165) is 0 Å². The Balaban J connectivity index is 3.62. The molecule has 0 aromatic heterocycles. The molecule has 0 aliphatic rings. The van der Waals surface area contributed by atoms with E-state index < -0.39 is 12.3 Å². The van der Waals surface area contributed by atoms with Crippen molar-refractivity contribution in [3.8, 4) is 0 Å². The van der Waals surface area contributed by atoms with Crippen LogP contribution in [0.2, 0.25) is 0 Å². The third kappa shape index (κ3) is 8.15. The molecule has 1 atom stereocenters. The van der Waals surface area contributed by atoms with E-state index in [2.05, 4.69) is 0 Å². The van der Waals surface area contributed by atoms with Crippen LogP contribution in [0.3, 0.4) is 0 Å². The summed E-state index contributed by atoms with van der Waals surface area (Å²) in [6.07, 6.45) is 1.95. The summed E-state index contributed by atoms with van der Waals surface area (Å²) in [7, 11) is 0. The molecule has 4 heteroatoms. The molecule has 0 saturated heterocycles. The molecular formula is C11H20O4. The average molecular weight is 216 g/mol. The predicted molar refractivity (Wildman–Crippen MR) is 57.4 cm³/mol. The summed E-state index contributed by atoms with van der Waals surface area (Å²) in [6, 6.07) is 0. The number of aliphatic hydroxyl groups is 1. The Hall–Kier alpha value is -0.870. The minimum Gasteiger partial charge on any atom is -0.478 e. The van der Waals surface area contributed by atoms with Gasteiger partial charge in [0.2, 0.25) is 0 Å². The van der Waals surface area contributed by atoms with Gasteiger partial charge in [-0.2, -0.15) is 0 Å². The second-order valence-electron chi connectivity index (χ2n) is 3.94. The van der Waals surface area contributed by atoms with Gasteiger partial charge < -0.3 is 14.9 Å². The molecule has 0 aromatic carbocycles. The highest BCUT2D eigenvalue weighted by atomic mass is 16.6. The molecule has 0 rings (SSSR count). The molecule has 88 valence electrons. The molecule has 0 heterocycles. The highest BCUT2D eigenvalue weighted by molar-refractivity contribution is 5.85. The number of aliphatic carboxylic acids is 1. The summed E-state index contributed by atoms with van der Waals surface area (Å²) in [5.74, 6) is -0.533. The first-order chi connectivity index (χ1) is 6.93. The van der Waals surface area contributed by atoms with E-state index in [0.29, 0.717) is 30.9 Å². The molecule has 0 fully saturated rings. The average Bonchev–Trinajstić information content (AvgIpc) is 2.10. The van der Waals surface area contributed by atoms with Crippen molar-refractivity contribution < 1.29 is 19.7 Å². The van der Waals surface area contributed by atoms with Crippen LogP contribution >= 0.6 is 0 Å². The summed E-state index contributed by atoms with van der Waals surface area (Å²) < 4.78 is 5.10. The zero-order valence-corrected chi connectivity index (χ0v) is 9.56. The quantitative estimate of drug-likeness (QED) is 0.387. The molecule has 0 amide bonds. The van der Waals surface area contributed by atoms with Gasteiger partial charge in [-0.15, -0.1) is 0 Å². The van der Waals surface area contributed by atoms with Crippen LogP contribution < -0.4 is 0 Å². The van der Waals surface area contributed by atoms with Gasteiger partial charge in [-0.05, 0) is 19.3 Å². The molecule has 0 aliphatic carbocycles. The Morgan fingerprint density at radius 1 is 1.47 bits per heavy atom. The number of hydrogen-bond acceptors (Lipinski definition) is 3. The van der Waals surface area contributed by atoms with Crippen LogP contribution in [0.25, 0.3) is 0 Å². The fourth-order valence-corrected chi connectivity index (χ4v) is 1.04. The molecule has 0 radical (unpaired) electrons. The monoisotopic (exact) mass is 216 g/mol. The fourth-order valence-electron chi connectivity index (χ4n) is 1.04. The zero-order chi connectivity index (χ0) is 11.8. The summed E-state index contributed by atoms with van der Waals surface area (Å²) in [4.78, 5) is 10.4. The van der Waals surface area contributed by atoms with Crippen LogP contribution in [0, 0.1) is 5.92 Å². The topological polar surface area (TPSA) is 66.8 Å². The molecular weight excluding hydrogens is 196 g/mol. The second-order valence-corrected chi connectivity index (χ2v) is 3.94. The van der Waals surface area contributed by atoms with Crippen molar-refractivity contribution >= 4 is 5.97 Å². The second kappa shape index (κ2) is 7.43. The molecule has 0 bridgehead atoms. The largest absolute Gasteiger partial charge is 0.478 e. The van der Waals surface area contributed by atoms with Crippen molar-refractivity contribution in [1.29, 1.82) is 0 Å². The van der Waals surface area contributed by atoms with Crippen molar-refractivity contribution in [2.75, 3.05) is 6.61 Å². The Morgan fingerprint density at radius 3 is 2.53 bits per heavy atom. The zero-order valence-electron chi connectivity index (χ0n) is 9.56. The molecule has 0 spiro atoms. The van der Waals surface area contributed by atoms with Crippen molar-refractivity contribution in [3.63, 3.8) is 0 Å². The standard InChI is InChI=1S/C11H20O4/c1-8(2)7-10(12)15-6-4-5-9(3)11(13)14/h5,8,10,12H,4,6-7H2,1-3H3,(H,13,14). The first-order valence-corrected chi connectivity index (χ1v) is 5.13. The number of carbonyl (C=O) groups is 1. The predicted octanol–water partition coefficient (Wildman–Crippen LogP) is 1.79. The summed E-state index contributed by atoms with van der Waals surface area (Å²) in [6.45, 7) is 5.88. The summed E-state index contributed by atoms with van der Waals surface area (Å²) in [5.41, 5.74) is 0.303. The highest BCUT2D eigenvalue weighted by Gasteiger charge is 2.06. The third-order valence-corrected chi connectivity index (χ3v) is 1.89. The first kappa shape index (κ1) is 14.1. The van der Waals surface area contributed by atoms with Crippen LogP contribution in [0.15, 0.2) is 11.6 Å². The van der Waals surface area contributed by atoms with Gasteiger partial charge in [0.05, 0.1) is 6.61 Å². The lowest BCUT2D eigenvalue weighted by atomic mass is 10.1. The number of rotatable bonds is 7. The maximum Gasteiger partial charge on any atom is 0.330 e. The Labute approximate surface area is 90.6 Å². The van der Waals surface area contributed by atoms with Gasteiger partial charge in [-0.3, -0.25) is 0 Å².